The number of ether oxygens (including phenoxy) is 1. The maximum atomic E-state index is 6.11. The molecule has 3 rings (SSSR count). The van der Waals surface area contributed by atoms with Crippen LogP contribution in [0.25, 0.3) is 0 Å². The summed E-state index contributed by atoms with van der Waals surface area (Å²) in [5.41, 5.74) is 0.901. The van der Waals surface area contributed by atoms with Gasteiger partial charge >= 0.3 is 0 Å². The molecule has 126 valence electrons. The Hall–Kier alpha value is -1.74. The van der Waals surface area contributed by atoms with E-state index in [0.29, 0.717) is 0 Å². The van der Waals surface area contributed by atoms with Crippen molar-refractivity contribution in [2.24, 2.45) is 4.76 Å². The molecule has 0 spiro atoms. The molecule has 3 aromatic rings. The number of methoxy groups -OCH3 is 1. The summed E-state index contributed by atoms with van der Waals surface area (Å²) in [6.45, 7) is 0. The maximum absolute atomic E-state index is 6.11. The monoisotopic (exact) mass is 429 g/mol. The molecule has 0 saturated heterocycles. The average molecular weight is 430 g/mol. The number of hydrogen-bond donors (Lipinski definition) is 0. The summed E-state index contributed by atoms with van der Waals surface area (Å²) in [4.78, 5) is 0. The molecule has 0 aliphatic rings. The van der Waals surface area contributed by atoms with Crippen molar-refractivity contribution in [3.63, 3.8) is 0 Å². The van der Waals surface area contributed by atoms with E-state index in [0.717, 1.165) is 26.4 Å². The van der Waals surface area contributed by atoms with Gasteiger partial charge in [-0.2, -0.15) is 0 Å². The van der Waals surface area contributed by atoms with E-state index >= 15 is 0 Å². The molecule has 0 heterocycles. The lowest BCUT2D eigenvalue weighted by Gasteiger charge is -2.18. The molecule has 2 nitrogen and oxygen atoms in total. The van der Waals surface area contributed by atoms with Crippen LogP contribution in [0.3, 0.4) is 0 Å². The first-order valence-electron chi connectivity index (χ1n) is 7.74. The Morgan fingerprint density at radius 1 is 0.920 bits per heavy atom. The second kappa shape index (κ2) is 8.09. The van der Waals surface area contributed by atoms with Gasteiger partial charge in [-0.05, 0) is 18.2 Å². The third-order valence-electron chi connectivity index (χ3n) is 3.76. The summed E-state index contributed by atoms with van der Waals surface area (Å²) in [5, 5.41) is 2.14. The van der Waals surface area contributed by atoms with Crippen molar-refractivity contribution in [3.8, 4) is 5.75 Å². The molecular weight excluding hydrogens is 413 g/mol. The van der Waals surface area contributed by atoms with Gasteiger partial charge in [0.15, 0.2) is 0 Å². The number of halogens is 1. The first-order chi connectivity index (χ1) is 12.1. The van der Waals surface area contributed by atoms with Crippen molar-refractivity contribution < 1.29 is 4.74 Å². The minimum absolute atomic E-state index is 0.773. The fraction of sp³-hybridized carbons (Fsp3) is 0.0500. The molecule has 0 unspecified atom stereocenters. The van der Waals surface area contributed by atoms with Crippen molar-refractivity contribution in [1.82, 2.24) is 0 Å². The molecule has 5 heteroatoms. The molecule has 0 fully saturated rings. The Labute approximate surface area is 161 Å². The van der Waals surface area contributed by atoms with Crippen molar-refractivity contribution in [2.45, 2.75) is 0 Å². The van der Waals surface area contributed by atoms with E-state index in [4.69, 9.17) is 21.3 Å². The van der Waals surface area contributed by atoms with Crippen molar-refractivity contribution in [1.29, 1.82) is 0 Å². The predicted molar refractivity (Wildman–Crippen MR) is 115 cm³/mol. The van der Waals surface area contributed by atoms with E-state index in [1.165, 1.54) is 0 Å². The Balaban J connectivity index is 2.11. The highest BCUT2D eigenvalue weighted by Gasteiger charge is 2.20. The number of rotatable bonds is 5. The average Bonchev–Trinajstić information content (AvgIpc) is 2.67. The van der Waals surface area contributed by atoms with E-state index in [9.17, 15) is 0 Å². The number of hydrogen-bond acceptors (Lipinski definition) is 2. The lowest BCUT2D eigenvalue weighted by atomic mass is 10.2. The Bertz CT molecular complexity index is 885. The number of nitrogens with zero attached hydrogens (tertiary/aromatic N) is 1. The van der Waals surface area contributed by atoms with Crippen LogP contribution in [-0.4, -0.2) is 13.3 Å². The predicted octanol–water partition coefficient (Wildman–Crippen LogP) is 4.92. The van der Waals surface area contributed by atoms with Gasteiger partial charge in [0.1, 0.15) is 11.9 Å². The summed E-state index contributed by atoms with van der Waals surface area (Å²) in [5.74, 6) is 0.773. The topological polar surface area (TPSA) is 21.6 Å². The van der Waals surface area contributed by atoms with Crippen LogP contribution in [-0.2, 0) is 11.8 Å². The van der Waals surface area contributed by atoms with Crippen LogP contribution in [0.5, 0.6) is 5.75 Å². The molecule has 0 amide bonds. The lowest BCUT2D eigenvalue weighted by molar-refractivity contribution is 0.414. The van der Waals surface area contributed by atoms with Crippen LogP contribution in [0.1, 0.15) is 5.56 Å². The molecule has 3 aromatic carbocycles. The zero-order chi connectivity index (χ0) is 17.7. The van der Waals surface area contributed by atoms with Gasteiger partial charge < -0.3 is 4.74 Å². The molecule has 0 saturated carbocycles. The summed E-state index contributed by atoms with van der Waals surface area (Å²) < 4.78 is 11.3. The molecule has 0 N–H and O–H groups in total. The lowest BCUT2D eigenvalue weighted by Crippen LogP contribution is -2.14. The van der Waals surface area contributed by atoms with E-state index in [-0.39, 0.29) is 0 Å². The highest BCUT2D eigenvalue weighted by Crippen LogP contribution is 2.45. The van der Waals surface area contributed by atoms with Crippen molar-refractivity contribution in [3.05, 3.63) is 88.9 Å². The largest absolute Gasteiger partial charge is 0.496 e. The van der Waals surface area contributed by atoms with Crippen LogP contribution < -0.4 is 15.3 Å². The van der Waals surface area contributed by atoms with Crippen molar-refractivity contribution >= 4 is 50.7 Å². The Kier molecular flexibility index (Phi) is 5.85. The third kappa shape index (κ3) is 4.09. The summed E-state index contributed by atoms with van der Waals surface area (Å²) >= 11 is 9.61. The first kappa shape index (κ1) is 18.1. The molecule has 25 heavy (non-hydrogen) atoms. The highest BCUT2D eigenvalue weighted by atomic mass is 79.9. The van der Waals surface area contributed by atoms with Crippen LogP contribution in [0.15, 0.2) is 88.1 Å². The normalized spacial score (nSPS) is 11.6. The second-order valence-electron chi connectivity index (χ2n) is 5.38. The van der Waals surface area contributed by atoms with Gasteiger partial charge in [-0.3, -0.25) is 4.76 Å². The van der Waals surface area contributed by atoms with Gasteiger partial charge in [0.2, 0.25) is 0 Å². The number of benzene rings is 3. The van der Waals surface area contributed by atoms with Crippen molar-refractivity contribution in [2.75, 3.05) is 7.11 Å². The van der Waals surface area contributed by atoms with Crippen LogP contribution in [0.4, 0.5) is 0 Å². The van der Waals surface area contributed by atoms with Gasteiger partial charge in [0.05, 0.1) is 7.11 Å². The van der Waals surface area contributed by atoms with Gasteiger partial charge in [0.25, 0.3) is 0 Å². The standard InChI is InChI=1S/C20H17BrNOPS/c1-23-20-13-12-17(21)14-16(20)15-22-24(25,18-8-4-2-5-9-18)19-10-6-3-7-11-19/h2-15H,1H3/b22-15+. The molecule has 0 aliphatic carbocycles. The van der Waals surface area contributed by atoms with E-state index in [1.54, 1.807) is 7.11 Å². The fourth-order valence-electron chi connectivity index (χ4n) is 2.49. The smallest absolute Gasteiger partial charge is 0.127 e. The van der Waals surface area contributed by atoms with E-state index in [1.807, 2.05) is 60.8 Å². The maximum Gasteiger partial charge on any atom is 0.127 e. The van der Waals surface area contributed by atoms with Gasteiger partial charge in [-0.25, -0.2) is 0 Å². The van der Waals surface area contributed by atoms with Crippen LogP contribution in [0.2, 0.25) is 0 Å². The molecule has 0 aliphatic heterocycles. The van der Waals surface area contributed by atoms with Gasteiger partial charge in [0, 0.05) is 26.9 Å². The second-order valence-corrected chi connectivity index (χ2v) is 10.3. The summed E-state index contributed by atoms with van der Waals surface area (Å²) in [6.07, 6.45) is -0.465. The Morgan fingerprint density at radius 2 is 1.48 bits per heavy atom. The zero-order valence-corrected chi connectivity index (χ0v) is 17.0. The first-order valence-corrected chi connectivity index (χ1v) is 11.3. The third-order valence-corrected chi connectivity index (χ3v) is 8.24. The van der Waals surface area contributed by atoms with Crippen LogP contribution in [0, 0.1) is 0 Å². The summed E-state index contributed by atoms with van der Waals surface area (Å²) in [6, 6.07) is 26.1. The molecule has 0 atom stereocenters. The Morgan fingerprint density at radius 3 is 2.00 bits per heavy atom. The van der Waals surface area contributed by atoms with Crippen LogP contribution >= 0.6 is 22.1 Å². The minimum atomic E-state index is -2.30. The van der Waals surface area contributed by atoms with E-state index in [2.05, 4.69) is 40.2 Å². The molecular formula is C20H17BrNOPS. The molecule has 0 aromatic heterocycles. The summed E-state index contributed by atoms with van der Waals surface area (Å²) in [7, 11) is 1.66. The zero-order valence-electron chi connectivity index (χ0n) is 13.7. The molecule has 0 radical (unpaired) electrons. The quantitative estimate of drug-likeness (QED) is 0.423. The van der Waals surface area contributed by atoms with Gasteiger partial charge in [-0.1, -0.05) is 88.4 Å². The fourth-order valence-corrected chi connectivity index (χ4v) is 5.75. The minimum Gasteiger partial charge on any atom is -0.496 e. The van der Waals surface area contributed by atoms with E-state index < -0.39 is 6.19 Å². The SMILES string of the molecule is COc1ccc(Br)cc1/C=N/P(=S)(c1ccccc1)c1ccccc1. The highest BCUT2D eigenvalue weighted by molar-refractivity contribution is 9.10. The van der Waals surface area contributed by atoms with Gasteiger partial charge in [-0.15, -0.1) is 0 Å². The molecule has 0 bridgehead atoms.